The number of hydrogen-bond acceptors (Lipinski definition) is 0. The van der Waals surface area contributed by atoms with E-state index in [1.165, 1.54) is 11.1 Å². The van der Waals surface area contributed by atoms with E-state index in [1.54, 1.807) is 0 Å². The minimum Gasteiger partial charge on any atom is -0.107 e. The van der Waals surface area contributed by atoms with Crippen LogP contribution in [0.2, 0.25) is 0 Å². The molecule has 0 spiro atoms. The molecule has 0 bridgehead atoms. The van der Waals surface area contributed by atoms with Gasteiger partial charge in [-0.1, -0.05) is 36.4 Å². The zero-order valence-corrected chi connectivity index (χ0v) is 8.53. The lowest BCUT2D eigenvalue weighted by Crippen LogP contribution is -1.85. The summed E-state index contributed by atoms with van der Waals surface area (Å²) < 4.78 is 0. The van der Waals surface area contributed by atoms with Crippen LogP contribution in [0.3, 0.4) is 0 Å². The molecule has 0 nitrogen and oxygen atoms in total. The summed E-state index contributed by atoms with van der Waals surface area (Å²) in [7, 11) is 0.725. The summed E-state index contributed by atoms with van der Waals surface area (Å²) in [6, 6.07) is 8.36. The molecule has 0 aromatic heterocycles. The SMILES string of the molecule is C1=Cc2ccccc21.C=C[Si]C=C. The van der Waals surface area contributed by atoms with E-state index < -0.39 is 0 Å². The second-order valence-corrected chi connectivity index (χ2v) is 3.69. The predicted octanol–water partition coefficient (Wildman–Crippen LogP) is 3.15. The van der Waals surface area contributed by atoms with Gasteiger partial charge in [0.2, 0.25) is 0 Å². The van der Waals surface area contributed by atoms with Crippen molar-refractivity contribution in [1.29, 1.82) is 0 Å². The summed E-state index contributed by atoms with van der Waals surface area (Å²) in [6.07, 6.45) is 4.24. The number of benzene rings is 1. The van der Waals surface area contributed by atoms with Gasteiger partial charge in [-0.3, -0.25) is 0 Å². The molecular weight excluding hydrogens is 172 g/mol. The monoisotopic (exact) mass is 184 g/mol. The average Bonchev–Trinajstić information content (AvgIpc) is 2.10. The minimum atomic E-state index is 0.725. The van der Waals surface area contributed by atoms with Crippen LogP contribution in [-0.2, 0) is 0 Å². The third-order valence-corrected chi connectivity index (χ3v) is 2.15. The van der Waals surface area contributed by atoms with Gasteiger partial charge in [-0.15, -0.1) is 24.6 Å². The maximum atomic E-state index is 3.49. The largest absolute Gasteiger partial charge is 0.107 e. The molecular formula is C12H12Si. The Bertz CT molecular complexity index is 293. The Kier molecular flexibility index (Phi) is 3.99. The number of hydrogen-bond donors (Lipinski definition) is 0. The first kappa shape index (κ1) is 9.74. The van der Waals surface area contributed by atoms with Crippen molar-refractivity contribution < 1.29 is 0 Å². The van der Waals surface area contributed by atoms with Crippen molar-refractivity contribution in [2.45, 2.75) is 0 Å². The van der Waals surface area contributed by atoms with Gasteiger partial charge in [-0.2, -0.15) is 0 Å². The van der Waals surface area contributed by atoms with Crippen LogP contribution >= 0.6 is 0 Å². The highest BCUT2D eigenvalue weighted by Crippen LogP contribution is 2.21. The molecule has 0 aliphatic heterocycles. The Hall–Kier alpha value is -1.34. The van der Waals surface area contributed by atoms with E-state index in [0.717, 1.165) is 9.52 Å². The Labute approximate surface area is 82.1 Å². The number of rotatable bonds is 2. The molecule has 64 valence electrons. The lowest BCUT2D eigenvalue weighted by Gasteiger charge is -2.06. The lowest BCUT2D eigenvalue weighted by molar-refractivity contribution is 1.58. The molecule has 1 aliphatic carbocycles. The zero-order chi connectivity index (χ0) is 9.52. The highest BCUT2D eigenvalue weighted by atomic mass is 28.2. The van der Waals surface area contributed by atoms with Crippen molar-refractivity contribution in [1.82, 2.24) is 0 Å². The Morgan fingerprint density at radius 2 is 1.38 bits per heavy atom. The first-order valence-electron chi connectivity index (χ1n) is 4.13. The van der Waals surface area contributed by atoms with Crippen molar-refractivity contribution in [3.8, 4) is 0 Å². The van der Waals surface area contributed by atoms with Crippen molar-refractivity contribution in [3.05, 3.63) is 59.9 Å². The molecule has 1 heteroatoms. The van der Waals surface area contributed by atoms with Crippen LogP contribution in [0.25, 0.3) is 12.2 Å². The molecule has 0 fully saturated rings. The van der Waals surface area contributed by atoms with Crippen LogP contribution in [-0.4, -0.2) is 9.52 Å². The third kappa shape index (κ3) is 2.88. The van der Waals surface area contributed by atoms with Crippen LogP contribution in [0.1, 0.15) is 11.1 Å². The minimum absolute atomic E-state index is 0.725. The molecule has 0 N–H and O–H groups in total. The first-order chi connectivity index (χ1) is 6.38. The fourth-order valence-electron chi connectivity index (χ4n) is 0.981. The molecule has 0 amide bonds. The van der Waals surface area contributed by atoms with Crippen LogP contribution in [0.5, 0.6) is 0 Å². The zero-order valence-electron chi connectivity index (χ0n) is 7.53. The Morgan fingerprint density at radius 3 is 1.54 bits per heavy atom. The first-order valence-corrected chi connectivity index (χ1v) is 5.29. The highest BCUT2D eigenvalue weighted by molar-refractivity contribution is 6.47. The molecule has 0 heterocycles. The van der Waals surface area contributed by atoms with Gasteiger partial charge in [0, 0.05) is 0 Å². The van der Waals surface area contributed by atoms with Gasteiger partial charge in [0.1, 0.15) is 0 Å². The van der Waals surface area contributed by atoms with Crippen molar-refractivity contribution >= 4 is 21.7 Å². The second kappa shape index (κ2) is 5.33. The quantitative estimate of drug-likeness (QED) is 0.629. The van der Waals surface area contributed by atoms with Crippen molar-refractivity contribution in [3.63, 3.8) is 0 Å². The van der Waals surface area contributed by atoms with Gasteiger partial charge in [0.15, 0.2) is 0 Å². The second-order valence-electron chi connectivity index (χ2n) is 2.54. The molecule has 1 aromatic carbocycles. The fourth-order valence-corrected chi connectivity index (χ4v) is 1.15. The molecule has 13 heavy (non-hydrogen) atoms. The summed E-state index contributed by atoms with van der Waals surface area (Å²) in [5.74, 6) is 0. The summed E-state index contributed by atoms with van der Waals surface area (Å²) in [6.45, 7) is 6.98. The molecule has 1 aromatic rings. The van der Waals surface area contributed by atoms with Gasteiger partial charge < -0.3 is 0 Å². The van der Waals surface area contributed by atoms with Crippen molar-refractivity contribution in [2.75, 3.05) is 0 Å². The Balaban J connectivity index is 0.000000149. The van der Waals surface area contributed by atoms with Gasteiger partial charge in [-0.05, 0) is 11.1 Å². The van der Waals surface area contributed by atoms with Gasteiger partial charge in [0.25, 0.3) is 0 Å². The molecule has 2 rings (SSSR count). The summed E-state index contributed by atoms with van der Waals surface area (Å²) in [5, 5.41) is 0. The summed E-state index contributed by atoms with van der Waals surface area (Å²) in [5.41, 5.74) is 6.42. The highest BCUT2D eigenvalue weighted by Gasteiger charge is 1.99. The van der Waals surface area contributed by atoms with Gasteiger partial charge >= 0.3 is 0 Å². The number of fused-ring (bicyclic) bond motifs is 1. The molecule has 1 aliphatic rings. The van der Waals surface area contributed by atoms with Gasteiger partial charge in [-0.25, -0.2) is 0 Å². The molecule has 2 radical (unpaired) electrons. The smallest absolute Gasteiger partial charge is 0.0997 e. The maximum Gasteiger partial charge on any atom is 0.0997 e. The van der Waals surface area contributed by atoms with Crippen LogP contribution in [0.4, 0.5) is 0 Å². The Morgan fingerprint density at radius 1 is 0.923 bits per heavy atom. The van der Waals surface area contributed by atoms with E-state index in [9.17, 15) is 0 Å². The van der Waals surface area contributed by atoms with Crippen LogP contribution < -0.4 is 0 Å². The average molecular weight is 184 g/mol. The van der Waals surface area contributed by atoms with E-state index in [2.05, 4.69) is 49.6 Å². The van der Waals surface area contributed by atoms with E-state index >= 15 is 0 Å². The van der Waals surface area contributed by atoms with Crippen LogP contribution in [0, 0.1) is 0 Å². The molecule has 0 unspecified atom stereocenters. The van der Waals surface area contributed by atoms with E-state index in [4.69, 9.17) is 0 Å². The third-order valence-electron chi connectivity index (χ3n) is 1.67. The van der Waals surface area contributed by atoms with E-state index in [1.807, 2.05) is 11.4 Å². The lowest BCUT2D eigenvalue weighted by atomic mass is 9.99. The maximum absolute atomic E-state index is 3.49. The topological polar surface area (TPSA) is 0 Å². The predicted molar refractivity (Wildman–Crippen MR) is 61.5 cm³/mol. The van der Waals surface area contributed by atoms with Gasteiger partial charge in [0.05, 0.1) is 9.52 Å². The van der Waals surface area contributed by atoms with E-state index in [0.29, 0.717) is 0 Å². The summed E-state index contributed by atoms with van der Waals surface area (Å²) in [4.78, 5) is 0. The fraction of sp³-hybridized carbons (Fsp3) is 0. The van der Waals surface area contributed by atoms with E-state index in [-0.39, 0.29) is 0 Å². The standard InChI is InChI=1S/C8H6.C4H6Si/c1-2-4-8-6-5-7(8)3-1;1-3-5-4-2/h1-6H;3-4H,1-2H2. The van der Waals surface area contributed by atoms with Crippen LogP contribution in [0.15, 0.2) is 48.8 Å². The normalized spacial score (nSPS) is 10.2. The van der Waals surface area contributed by atoms with Crippen molar-refractivity contribution in [2.24, 2.45) is 0 Å². The summed E-state index contributed by atoms with van der Waals surface area (Å²) >= 11 is 0. The molecule has 0 saturated carbocycles. The molecule has 0 atom stereocenters. The molecule has 0 saturated heterocycles.